The maximum Gasteiger partial charge on any atom is 0.338 e. The largest absolute Gasteiger partial charge is 0.490 e. The fourth-order valence-corrected chi connectivity index (χ4v) is 2.24. The Morgan fingerprint density at radius 1 is 0.880 bits per heavy atom. The SMILES string of the molecule is Cc1cc(C)cc(OCCOC(=O)c2ccc(OCC(N)=O)cc2)c1. The Balaban J connectivity index is 1.77. The third-order valence-electron chi connectivity index (χ3n) is 3.25. The normalized spacial score (nSPS) is 10.2. The third-order valence-corrected chi connectivity index (χ3v) is 3.25. The van der Waals surface area contributed by atoms with Crippen LogP contribution in [0.15, 0.2) is 42.5 Å². The first-order valence-corrected chi connectivity index (χ1v) is 7.83. The Kier molecular flexibility index (Phi) is 6.39. The van der Waals surface area contributed by atoms with E-state index in [1.807, 2.05) is 26.0 Å². The average Bonchev–Trinajstić information content (AvgIpc) is 2.56. The van der Waals surface area contributed by atoms with Crippen molar-refractivity contribution < 1.29 is 23.8 Å². The van der Waals surface area contributed by atoms with Gasteiger partial charge < -0.3 is 19.9 Å². The van der Waals surface area contributed by atoms with Crippen LogP contribution in [0, 0.1) is 13.8 Å². The molecule has 0 heterocycles. The van der Waals surface area contributed by atoms with Gasteiger partial charge in [0.1, 0.15) is 24.7 Å². The Labute approximate surface area is 146 Å². The van der Waals surface area contributed by atoms with Gasteiger partial charge in [0.15, 0.2) is 6.61 Å². The van der Waals surface area contributed by atoms with Crippen LogP contribution in [0.4, 0.5) is 0 Å². The van der Waals surface area contributed by atoms with Gasteiger partial charge >= 0.3 is 5.97 Å². The number of amides is 1. The van der Waals surface area contributed by atoms with Gasteiger partial charge in [-0.15, -0.1) is 0 Å². The van der Waals surface area contributed by atoms with Crippen molar-refractivity contribution in [1.29, 1.82) is 0 Å². The summed E-state index contributed by atoms with van der Waals surface area (Å²) in [4.78, 5) is 22.6. The highest BCUT2D eigenvalue weighted by Crippen LogP contribution is 2.16. The van der Waals surface area contributed by atoms with Gasteiger partial charge in [0.2, 0.25) is 0 Å². The number of carbonyl (C=O) groups is 2. The highest BCUT2D eigenvalue weighted by Gasteiger charge is 2.08. The molecule has 2 N–H and O–H groups in total. The Hall–Kier alpha value is -3.02. The van der Waals surface area contributed by atoms with E-state index in [1.54, 1.807) is 24.3 Å². The zero-order chi connectivity index (χ0) is 18.2. The maximum absolute atomic E-state index is 11.9. The zero-order valence-corrected chi connectivity index (χ0v) is 14.3. The first kappa shape index (κ1) is 18.3. The molecule has 132 valence electrons. The first-order chi connectivity index (χ1) is 11.9. The molecule has 0 aromatic heterocycles. The number of esters is 1. The molecular formula is C19H21NO5. The molecular weight excluding hydrogens is 322 g/mol. The number of primary amides is 1. The van der Waals surface area contributed by atoms with E-state index in [0.717, 1.165) is 16.9 Å². The van der Waals surface area contributed by atoms with Crippen LogP contribution in [0.3, 0.4) is 0 Å². The van der Waals surface area contributed by atoms with Gasteiger partial charge in [-0.2, -0.15) is 0 Å². The molecule has 2 aromatic rings. The van der Waals surface area contributed by atoms with Crippen LogP contribution >= 0.6 is 0 Å². The predicted octanol–water partition coefficient (Wildman–Crippen LogP) is 2.40. The van der Waals surface area contributed by atoms with Crippen LogP contribution in [-0.4, -0.2) is 31.7 Å². The van der Waals surface area contributed by atoms with E-state index in [2.05, 4.69) is 6.07 Å². The molecule has 2 rings (SSSR count). The van der Waals surface area contributed by atoms with Gasteiger partial charge in [0.05, 0.1) is 5.56 Å². The monoisotopic (exact) mass is 343 g/mol. The van der Waals surface area contributed by atoms with E-state index in [-0.39, 0.29) is 19.8 Å². The molecule has 0 bridgehead atoms. The molecule has 2 aromatic carbocycles. The minimum Gasteiger partial charge on any atom is -0.490 e. The summed E-state index contributed by atoms with van der Waals surface area (Å²) >= 11 is 0. The van der Waals surface area contributed by atoms with Crippen molar-refractivity contribution >= 4 is 11.9 Å². The standard InChI is InChI=1S/C19H21NO5/c1-13-9-14(2)11-17(10-13)23-7-8-24-19(22)15-3-5-16(6-4-15)25-12-18(20)21/h3-6,9-11H,7-8,12H2,1-2H3,(H2,20,21). The van der Waals surface area contributed by atoms with Crippen molar-refractivity contribution in [2.24, 2.45) is 5.73 Å². The molecule has 0 radical (unpaired) electrons. The summed E-state index contributed by atoms with van der Waals surface area (Å²) in [5, 5.41) is 0. The summed E-state index contributed by atoms with van der Waals surface area (Å²) in [6, 6.07) is 12.2. The van der Waals surface area contributed by atoms with Crippen molar-refractivity contribution in [2.75, 3.05) is 19.8 Å². The number of hydrogen-bond donors (Lipinski definition) is 1. The van der Waals surface area contributed by atoms with Crippen molar-refractivity contribution in [2.45, 2.75) is 13.8 Å². The second-order valence-electron chi connectivity index (χ2n) is 5.59. The topological polar surface area (TPSA) is 87.8 Å². The average molecular weight is 343 g/mol. The molecule has 0 aliphatic carbocycles. The van der Waals surface area contributed by atoms with Gasteiger partial charge in [-0.25, -0.2) is 4.79 Å². The molecule has 0 saturated carbocycles. The van der Waals surface area contributed by atoms with E-state index in [0.29, 0.717) is 11.3 Å². The summed E-state index contributed by atoms with van der Waals surface area (Å²) in [5.74, 6) is 0.191. The van der Waals surface area contributed by atoms with Crippen molar-refractivity contribution in [3.8, 4) is 11.5 Å². The lowest BCUT2D eigenvalue weighted by Gasteiger charge is -2.09. The zero-order valence-electron chi connectivity index (χ0n) is 14.3. The lowest BCUT2D eigenvalue weighted by molar-refractivity contribution is -0.119. The number of benzene rings is 2. The van der Waals surface area contributed by atoms with Crippen LogP contribution in [0.25, 0.3) is 0 Å². The van der Waals surface area contributed by atoms with Crippen molar-refractivity contribution in [3.05, 3.63) is 59.2 Å². The Bertz CT molecular complexity index is 720. The third kappa shape index (κ3) is 6.18. The van der Waals surface area contributed by atoms with E-state index in [9.17, 15) is 9.59 Å². The first-order valence-electron chi connectivity index (χ1n) is 7.83. The van der Waals surface area contributed by atoms with Gasteiger partial charge in [-0.3, -0.25) is 4.79 Å². The minimum absolute atomic E-state index is 0.145. The Morgan fingerprint density at radius 3 is 2.12 bits per heavy atom. The lowest BCUT2D eigenvalue weighted by atomic mass is 10.1. The van der Waals surface area contributed by atoms with Gasteiger partial charge in [-0.05, 0) is 61.4 Å². The van der Waals surface area contributed by atoms with Crippen molar-refractivity contribution in [1.82, 2.24) is 0 Å². The molecule has 25 heavy (non-hydrogen) atoms. The molecule has 0 fully saturated rings. The number of hydrogen-bond acceptors (Lipinski definition) is 5. The number of carbonyl (C=O) groups excluding carboxylic acids is 2. The van der Waals surface area contributed by atoms with Gasteiger partial charge in [0.25, 0.3) is 5.91 Å². The van der Waals surface area contributed by atoms with Crippen LogP contribution in [0.5, 0.6) is 11.5 Å². The van der Waals surface area contributed by atoms with Gasteiger partial charge in [-0.1, -0.05) is 6.07 Å². The number of rotatable bonds is 8. The highest BCUT2D eigenvalue weighted by molar-refractivity contribution is 5.89. The van der Waals surface area contributed by atoms with E-state index in [4.69, 9.17) is 19.9 Å². The second kappa shape index (κ2) is 8.73. The molecule has 0 unspecified atom stereocenters. The van der Waals surface area contributed by atoms with Crippen LogP contribution in [0.2, 0.25) is 0 Å². The summed E-state index contributed by atoms with van der Waals surface area (Å²) in [6.07, 6.45) is 0. The summed E-state index contributed by atoms with van der Waals surface area (Å²) in [6.45, 7) is 4.20. The van der Waals surface area contributed by atoms with Gasteiger partial charge in [0, 0.05) is 0 Å². The molecule has 6 heteroatoms. The predicted molar refractivity (Wildman–Crippen MR) is 92.8 cm³/mol. The molecule has 0 aliphatic rings. The fourth-order valence-electron chi connectivity index (χ4n) is 2.24. The molecule has 0 atom stereocenters. The molecule has 0 spiro atoms. The van der Waals surface area contributed by atoms with Crippen LogP contribution in [-0.2, 0) is 9.53 Å². The van der Waals surface area contributed by atoms with E-state index < -0.39 is 11.9 Å². The quantitative estimate of drug-likeness (QED) is 0.587. The minimum atomic E-state index is -0.563. The smallest absolute Gasteiger partial charge is 0.338 e. The number of ether oxygens (including phenoxy) is 3. The summed E-state index contributed by atoms with van der Waals surface area (Å²) in [7, 11) is 0. The van der Waals surface area contributed by atoms with E-state index >= 15 is 0 Å². The number of nitrogens with two attached hydrogens (primary N) is 1. The molecule has 0 aliphatic heterocycles. The lowest BCUT2D eigenvalue weighted by Crippen LogP contribution is -2.20. The molecule has 1 amide bonds. The summed E-state index contributed by atoms with van der Waals surface area (Å²) < 4.78 is 15.9. The molecule has 0 saturated heterocycles. The highest BCUT2D eigenvalue weighted by atomic mass is 16.6. The number of aryl methyl sites for hydroxylation is 2. The maximum atomic E-state index is 11.9. The van der Waals surface area contributed by atoms with Crippen molar-refractivity contribution in [3.63, 3.8) is 0 Å². The fraction of sp³-hybridized carbons (Fsp3) is 0.263. The van der Waals surface area contributed by atoms with E-state index in [1.165, 1.54) is 0 Å². The Morgan fingerprint density at radius 2 is 1.52 bits per heavy atom. The van der Waals surface area contributed by atoms with Crippen LogP contribution in [0.1, 0.15) is 21.5 Å². The van der Waals surface area contributed by atoms with Crippen LogP contribution < -0.4 is 15.2 Å². The second-order valence-corrected chi connectivity index (χ2v) is 5.59. The summed E-state index contributed by atoms with van der Waals surface area (Å²) in [5.41, 5.74) is 7.61. The molecule has 6 nitrogen and oxygen atoms in total.